The van der Waals surface area contributed by atoms with E-state index in [2.05, 4.69) is 10.2 Å². The number of halogens is 2. The second kappa shape index (κ2) is 4.85. The molecule has 0 N–H and O–H groups in total. The molecule has 0 fully saturated rings. The highest BCUT2D eigenvalue weighted by Gasteiger charge is 2.21. The van der Waals surface area contributed by atoms with Gasteiger partial charge < -0.3 is 4.90 Å². The maximum Gasteiger partial charge on any atom is 0.163 e. The van der Waals surface area contributed by atoms with Crippen molar-refractivity contribution >= 4 is 5.82 Å². The highest BCUT2D eigenvalue weighted by molar-refractivity contribution is 5.44. The van der Waals surface area contributed by atoms with Crippen LogP contribution in [0.25, 0.3) is 0 Å². The number of nitrogens with zero attached hydrogens (tertiary/aromatic N) is 4. The van der Waals surface area contributed by atoms with Gasteiger partial charge in [-0.15, -0.1) is 10.2 Å². The molecule has 1 aliphatic rings. The van der Waals surface area contributed by atoms with Crippen molar-refractivity contribution in [1.29, 1.82) is 5.26 Å². The lowest BCUT2D eigenvalue weighted by Gasteiger charge is -2.29. The fourth-order valence-corrected chi connectivity index (χ4v) is 2.36. The molecule has 0 radical (unpaired) electrons. The monoisotopic (exact) mass is 272 g/mol. The lowest BCUT2D eigenvalue weighted by molar-refractivity contribution is 0.555. The predicted octanol–water partition coefficient (Wildman–Crippen LogP) is 2.19. The fourth-order valence-electron chi connectivity index (χ4n) is 2.36. The second-order valence-corrected chi connectivity index (χ2v) is 4.59. The summed E-state index contributed by atoms with van der Waals surface area (Å²) in [6, 6.07) is 7.42. The first kappa shape index (κ1) is 12.5. The summed E-state index contributed by atoms with van der Waals surface area (Å²) in [5.74, 6) is -0.473. The van der Waals surface area contributed by atoms with E-state index in [0.717, 1.165) is 6.07 Å². The number of anilines is 1. The van der Waals surface area contributed by atoms with Gasteiger partial charge in [-0.05, 0) is 35.7 Å². The van der Waals surface area contributed by atoms with Crippen molar-refractivity contribution in [1.82, 2.24) is 10.2 Å². The molecule has 20 heavy (non-hydrogen) atoms. The number of hydrogen-bond donors (Lipinski definition) is 0. The van der Waals surface area contributed by atoms with Crippen LogP contribution in [0.15, 0.2) is 24.3 Å². The van der Waals surface area contributed by atoms with Gasteiger partial charge in [-0.1, -0.05) is 0 Å². The lowest BCUT2D eigenvalue weighted by atomic mass is 9.99. The molecular weight excluding hydrogens is 262 g/mol. The summed E-state index contributed by atoms with van der Waals surface area (Å²) in [4.78, 5) is 1.88. The quantitative estimate of drug-likeness (QED) is 0.798. The van der Waals surface area contributed by atoms with E-state index in [4.69, 9.17) is 5.26 Å². The largest absolute Gasteiger partial charge is 0.350 e. The third kappa shape index (κ3) is 2.18. The van der Waals surface area contributed by atoms with Crippen LogP contribution in [0.4, 0.5) is 14.6 Å². The summed E-state index contributed by atoms with van der Waals surface area (Å²) >= 11 is 0. The number of hydrogen-bond acceptors (Lipinski definition) is 4. The summed E-state index contributed by atoms with van der Waals surface area (Å²) in [6.45, 7) is 0.959. The SMILES string of the molecule is N#Cc1ccc(N2CCc3c(F)cc(F)cc3C2)nn1. The third-order valence-electron chi connectivity index (χ3n) is 3.33. The molecule has 0 atom stereocenters. The van der Waals surface area contributed by atoms with Gasteiger partial charge in [0.2, 0.25) is 0 Å². The van der Waals surface area contributed by atoms with Crippen LogP contribution in [-0.2, 0) is 13.0 Å². The molecule has 2 heterocycles. The zero-order valence-electron chi connectivity index (χ0n) is 10.5. The van der Waals surface area contributed by atoms with Gasteiger partial charge in [0.05, 0.1) is 0 Å². The molecule has 3 rings (SSSR count). The Balaban J connectivity index is 1.90. The van der Waals surface area contributed by atoms with Gasteiger partial charge in [-0.25, -0.2) is 8.78 Å². The molecule has 0 saturated heterocycles. The molecule has 4 nitrogen and oxygen atoms in total. The molecule has 0 amide bonds. The first-order chi connectivity index (χ1) is 9.67. The highest BCUT2D eigenvalue weighted by Crippen LogP contribution is 2.25. The molecule has 0 unspecified atom stereocenters. The normalized spacial score (nSPS) is 13.8. The topological polar surface area (TPSA) is 52.8 Å². The molecule has 0 bridgehead atoms. The van der Waals surface area contributed by atoms with E-state index in [9.17, 15) is 8.78 Å². The molecule has 1 aromatic heterocycles. The van der Waals surface area contributed by atoms with E-state index in [-0.39, 0.29) is 5.69 Å². The van der Waals surface area contributed by atoms with Crippen LogP contribution in [0, 0.1) is 23.0 Å². The number of benzene rings is 1. The summed E-state index contributed by atoms with van der Waals surface area (Å²) in [5.41, 5.74) is 1.42. The van der Waals surface area contributed by atoms with Gasteiger partial charge in [0.15, 0.2) is 11.5 Å². The first-order valence-electron chi connectivity index (χ1n) is 6.13. The Kier molecular flexibility index (Phi) is 3.03. The van der Waals surface area contributed by atoms with Crippen molar-refractivity contribution in [3.63, 3.8) is 0 Å². The Hall–Kier alpha value is -2.55. The van der Waals surface area contributed by atoms with E-state index >= 15 is 0 Å². The van der Waals surface area contributed by atoms with Crippen molar-refractivity contribution in [2.45, 2.75) is 13.0 Å². The van der Waals surface area contributed by atoms with Crippen molar-refractivity contribution in [3.05, 3.63) is 52.7 Å². The molecule has 0 aliphatic carbocycles. The number of aromatic nitrogens is 2. The van der Waals surface area contributed by atoms with Gasteiger partial charge in [0.1, 0.15) is 17.7 Å². The van der Waals surface area contributed by atoms with Crippen LogP contribution in [0.3, 0.4) is 0 Å². The Morgan fingerprint density at radius 3 is 2.75 bits per heavy atom. The van der Waals surface area contributed by atoms with E-state index in [1.807, 2.05) is 11.0 Å². The molecule has 0 spiro atoms. The number of nitriles is 1. The molecule has 0 saturated carbocycles. The van der Waals surface area contributed by atoms with Gasteiger partial charge >= 0.3 is 0 Å². The molecule has 1 aliphatic heterocycles. The van der Waals surface area contributed by atoms with E-state index in [1.165, 1.54) is 6.07 Å². The minimum absolute atomic E-state index is 0.239. The van der Waals surface area contributed by atoms with Gasteiger partial charge in [-0.3, -0.25) is 0 Å². The van der Waals surface area contributed by atoms with Crippen LogP contribution in [0.2, 0.25) is 0 Å². The average Bonchev–Trinajstić information content (AvgIpc) is 2.46. The standard InChI is InChI=1S/C14H10F2N4/c15-10-5-9-8-20(4-3-12(9)13(16)6-10)14-2-1-11(7-17)18-19-14/h1-2,5-6H,3-4,8H2. The van der Waals surface area contributed by atoms with Crippen LogP contribution in [0.5, 0.6) is 0 Å². The van der Waals surface area contributed by atoms with Crippen LogP contribution < -0.4 is 4.90 Å². The first-order valence-corrected chi connectivity index (χ1v) is 6.13. The minimum Gasteiger partial charge on any atom is -0.350 e. The van der Waals surface area contributed by atoms with E-state index < -0.39 is 11.6 Å². The lowest BCUT2D eigenvalue weighted by Crippen LogP contribution is -2.32. The number of rotatable bonds is 1. The average molecular weight is 272 g/mol. The summed E-state index contributed by atoms with van der Waals surface area (Å²) in [6.07, 6.45) is 0.489. The molecule has 2 aromatic rings. The summed E-state index contributed by atoms with van der Waals surface area (Å²) < 4.78 is 26.9. The Morgan fingerprint density at radius 2 is 2.05 bits per heavy atom. The maximum atomic E-state index is 13.6. The van der Waals surface area contributed by atoms with Gasteiger partial charge in [0, 0.05) is 19.2 Å². The second-order valence-electron chi connectivity index (χ2n) is 4.59. The Labute approximate surface area is 114 Å². The summed E-state index contributed by atoms with van der Waals surface area (Å²) in [7, 11) is 0. The maximum absolute atomic E-state index is 13.6. The van der Waals surface area contributed by atoms with Crippen LogP contribution in [-0.4, -0.2) is 16.7 Å². The van der Waals surface area contributed by atoms with E-state index in [0.29, 0.717) is 36.5 Å². The zero-order chi connectivity index (χ0) is 14.1. The third-order valence-corrected chi connectivity index (χ3v) is 3.33. The zero-order valence-corrected chi connectivity index (χ0v) is 10.5. The predicted molar refractivity (Wildman–Crippen MR) is 67.9 cm³/mol. The number of fused-ring (bicyclic) bond motifs is 1. The Bertz CT molecular complexity index is 692. The van der Waals surface area contributed by atoms with Gasteiger partial charge in [-0.2, -0.15) is 5.26 Å². The highest BCUT2D eigenvalue weighted by atomic mass is 19.1. The van der Waals surface area contributed by atoms with Gasteiger partial charge in [0.25, 0.3) is 0 Å². The van der Waals surface area contributed by atoms with Crippen LogP contribution in [0.1, 0.15) is 16.8 Å². The molecular formula is C14H10F2N4. The minimum atomic E-state index is -0.575. The summed E-state index contributed by atoms with van der Waals surface area (Å²) in [5, 5.41) is 16.4. The molecule has 6 heteroatoms. The smallest absolute Gasteiger partial charge is 0.163 e. The van der Waals surface area contributed by atoms with E-state index in [1.54, 1.807) is 12.1 Å². The molecule has 1 aromatic carbocycles. The van der Waals surface area contributed by atoms with Crippen molar-refractivity contribution in [2.24, 2.45) is 0 Å². The molecule has 100 valence electrons. The fraction of sp³-hybridized carbons (Fsp3) is 0.214. The Morgan fingerprint density at radius 1 is 1.20 bits per heavy atom. The van der Waals surface area contributed by atoms with Crippen molar-refractivity contribution in [2.75, 3.05) is 11.4 Å². The van der Waals surface area contributed by atoms with Crippen molar-refractivity contribution in [3.8, 4) is 6.07 Å². The van der Waals surface area contributed by atoms with Crippen molar-refractivity contribution < 1.29 is 8.78 Å². The van der Waals surface area contributed by atoms with Crippen LogP contribution >= 0.6 is 0 Å².